The summed E-state index contributed by atoms with van der Waals surface area (Å²) in [4.78, 5) is 4.45. The number of aromatic nitrogens is 2. The molecule has 0 saturated carbocycles. The van der Waals surface area contributed by atoms with Gasteiger partial charge in [-0.25, -0.2) is 4.98 Å². The number of imidazole rings is 1. The number of rotatable bonds is 3. The maximum atomic E-state index is 6.05. The highest BCUT2D eigenvalue weighted by Crippen LogP contribution is 2.28. The monoisotopic (exact) mass is 231 g/mol. The topological polar surface area (TPSA) is 43.8 Å². The van der Waals surface area contributed by atoms with Gasteiger partial charge in [-0.3, -0.25) is 0 Å². The Hall–Kier alpha value is -1.51. The van der Waals surface area contributed by atoms with E-state index in [2.05, 4.69) is 55.4 Å². The van der Waals surface area contributed by atoms with Crippen LogP contribution >= 0.6 is 0 Å². The maximum Gasteiger partial charge on any atom is 0.201 e. The van der Waals surface area contributed by atoms with Crippen molar-refractivity contribution in [2.24, 2.45) is 5.92 Å². The van der Waals surface area contributed by atoms with E-state index in [1.807, 2.05) is 0 Å². The Kier molecular flexibility index (Phi) is 3.09. The number of anilines is 1. The summed E-state index contributed by atoms with van der Waals surface area (Å²) in [7, 11) is 0. The summed E-state index contributed by atoms with van der Waals surface area (Å²) < 4.78 is 2.16. The third kappa shape index (κ3) is 2.02. The summed E-state index contributed by atoms with van der Waals surface area (Å²) in [6, 6.07) is 6.70. The van der Waals surface area contributed by atoms with Gasteiger partial charge >= 0.3 is 0 Å². The second kappa shape index (κ2) is 4.40. The van der Waals surface area contributed by atoms with E-state index in [0.717, 1.165) is 17.5 Å². The number of fused-ring (bicyclic) bond motifs is 1. The van der Waals surface area contributed by atoms with Crippen LogP contribution in [0, 0.1) is 12.8 Å². The first-order valence-electron chi connectivity index (χ1n) is 6.28. The van der Waals surface area contributed by atoms with Crippen molar-refractivity contribution in [2.75, 3.05) is 5.73 Å². The third-order valence-corrected chi connectivity index (χ3v) is 3.75. The van der Waals surface area contributed by atoms with Gasteiger partial charge in [0, 0.05) is 6.04 Å². The molecule has 0 aliphatic carbocycles. The van der Waals surface area contributed by atoms with E-state index in [9.17, 15) is 0 Å². The molecule has 1 heterocycles. The molecule has 0 radical (unpaired) electrons. The first kappa shape index (κ1) is 12.0. The largest absolute Gasteiger partial charge is 0.369 e. The zero-order valence-electron chi connectivity index (χ0n) is 11.1. The van der Waals surface area contributed by atoms with Crippen LogP contribution < -0.4 is 5.73 Å². The van der Waals surface area contributed by atoms with Crippen molar-refractivity contribution in [3.05, 3.63) is 23.8 Å². The van der Waals surface area contributed by atoms with E-state index in [4.69, 9.17) is 5.73 Å². The summed E-state index contributed by atoms with van der Waals surface area (Å²) in [5.74, 6) is 1.22. The quantitative estimate of drug-likeness (QED) is 0.878. The maximum absolute atomic E-state index is 6.05. The summed E-state index contributed by atoms with van der Waals surface area (Å²) in [6.07, 6.45) is 1.14. The molecule has 17 heavy (non-hydrogen) atoms. The van der Waals surface area contributed by atoms with Gasteiger partial charge in [0.2, 0.25) is 5.95 Å². The molecule has 0 bridgehead atoms. The first-order chi connectivity index (χ1) is 8.04. The molecule has 2 rings (SSSR count). The minimum atomic E-state index is 0.382. The summed E-state index contributed by atoms with van der Waals surface area (Å²) in [6.45, 7) is 8.75. The average Bonchev–Trinajstić information content (AvgIpc) is 2.62. The lowest BCUT2D eigenvalue weighted by Crippen LogP contribution is -2.15. The van der Waals surface area contributed by atoms with Crippen LogP contribution in [0.4, 0.5) is 5.95 Å². The van der Waals surface area contributed by atoms with Crippen LogP contribution in [0.2, 0.25) is 0 Å². The molecule has 2 atom stereocenters. The Bertz CT molecular complexity index is 527. The fourth-order valence-electron chi connectivity index (χ4n) is 2.25. The van der Waals surface area contributed by atoms with Crippen LogP contribution in [0.3, 0.4) is 0 Å². The second-order valence-corrected chi connectivity index (χ2v) is 4.96. The van der Waals surface area contributed by atoms with Gasteiger partial charge in [-0.15, -0.1) is 0 Å². The highest BCUT2D eigenvalue weighted by Gasteiger charge is 2.18. The Morgan fingerprint density at radius 3 is 2.71 bits per heavy atom. The fraction of sp³-hybridized carbons (Fsp3) is 0.500. The van der Waals surface area contributed by atoms with E-state index in [1.165, 1.54) is 5.56 Å². The fourth-order valence-corrected chi connectivity index (χ4v) is 2.25. The van der Waals surface area contributed by atoms with Crippen molar-refractivity contribution in [3.63, 3.8) is 0 Å². The lowest BCUT2D eigenvalue weighted by atomic mass is 10.0. The van der Waals surface area contributed by atoms with Gasteiger partial charge in [0.1, 0.15) is 0 Å². The molecule has 0 amide bonds. The zero-order chi connectivity index (χ0) is 12.6. The Morgan fingerprint density at radius 2 is 2.06 bits per heavy atom. The van der Waals surface area contributed by atoms with Crippen LogP contribution in [0.15, 0.2) is 18.2 Å². The van der Waals surface area contributed by atoms with E-state index >= 15 is 0 Å². The van der Waals surface area contributed by atoms with Crippen LogP contribution in [0.25, 0.3) is 11.0 Å². The van der Waals surface area contributed by atoms with Crippen molar-refractivity contribution >= 4 is 17.0 Å². The molecular weight excluding hydrogens is 210 g/mol. The van der Waals surface area contributed by atoms with E-state index in [0.29, 0.717) is 17.9 Å². The van der Waals surface area contributed by atoms with Gasteiger partial charge in [-0.1, -0.05) is 26.3 Å². The highest BCUT2D eigenvalue weighted by molar-refractivity contribution is 5.79. The molecule has 0 fully saturated rings. The number of nitrogens with zero attached hydrogens (tertiary/aromatic N) is 2. The van der Waals surface area contributed by atoms with Gasteiger partial charge in [-0.05, 0) is 37.5 Å². The SMILES string of the molecule is CCC(C)C(C)n1c(N)nc2cc(C)ccc21. The van der Waals surface area contributed by atoms with Crippen molar-refractivity contribution in [3.8, 4) is 0 Å². The minimum Gasteiger partial charge on any atom is -0.369 e. The molecule has 0 saturated heterocycles. The predicted molar refractivity (Wildman–Crippen MR) is 73.0 cm³/mol. The standard InChI is InChI=1S/C14H21N3/c1-5-10(3)11(4)17-13-7-6-9(2)8-12(13)16-14(17)15/h6-8,10-11H,5H2,1-4H3,(H2,15,16). The molecule has 2 unspecified atom stereocenters. The van der Waals surface area contributed by atoms with Gasteiger partial charge in [0.05, 0.1) is 11.0 Å². The molecular formula is C14H21N3. The third-order valence-electron chi connectivity index (χ3n) is 3.75. The normalized spacial score (nSPS) is 15.1. The predicted octanol–water partition coefficient (Wildman–Crippen LogP) is 3.53. The summed E-state index contributed by atoms with van der Waals surface area (Å²) >= 11 is 0. The molecule has 3 heteroatoms. The van der Waals surface area contributed by atoms with E-state index < -0.39 is 0 Å². The number of benzene rings is 1. The second-order valence-electron chi connectivity index (χ2n) is 4.96. The van der Waals surface area contributed by atoms with Crippen LogP contribution in [-0.4, -0.2) is 9.55 Å². The van der Waals surface area contributed by atoms with Crippen molar-refractivity contribution in [2.45, 2.75) is 40.2 Å². The Morgan fingerprint density at radius 1 is 1.35 bits per heavy atom. The number of hydrogen-bond donors (Lipinski definition) is 1. The molecule has 92 valence electrons. The molecule has 1 aromatic heterocycles. The smallest absolute Gasteiger partial charge is 0.201 e. The molecule has 0 aliphatic heterocycles. The molecule has 1 aromatic carbocycles. The molecule has 3 nitrogen and oxygen atoms in total. The van der Waals surface area contributed by atoms with Crippen LogP contribution in [-0.2, 0) is 0 Å². The number of nitrogen functional groups attached to an aromatic ring is 1. The molecule has 2 aromatic rings. The van der Waals surface area contributed by atoms with Gasteiger partial charge in [0.15, 0.2) is 0 Å². The van der Waals surface area contributed by atoms with E-state index in [-0.39, 0.29) is 0 Å². The van der Waals surface area contributed by atoms with Gasteiger partial charge in [-0.2, -0.15) is 0 Å². The Labute approximate surface area is 103 Å². The molecule has 0 spiro atoms. The summed E-state index contributed by atoms with van der Waals surface area (Å²) in [5, 5.41) is 0. The van der Waals surface area contributed by atoms with E-state index in [1.54, 1.807) is 0 Å². The van der Waals surface area contributed by atoms with Crippen LogP contribution in [0.1, 0.15) is 38.8 Å². The average molecular weight is 231 g/mol. The van der Waals surface area contributed by atoms with Crippen molar-refractivity contribution in [1.82, 2.24) is 9.55 Å². The highest BCUT2D eigenvalue weighted by atomic mass is 15.2. The molecule has 2 N–H and O–H groups in total. The number of aryl methyl sites for hydroxylation is 1. The summed E-state index contributed by atoms with van der Waals surface area (Å²) in [5.41, 5.74) is 9.41. The van der Waals surface area contributed by atoms with Crippen molar-refractivity contribution < 1.29 is 0 Å². The molecule has 0 aliphatic rings. The van der Waals surface area contributed by atoms with Gasteiger partial charge < -0.3 is 10.3 Å². The minimum absolute atomic E-state index is 0.382. The van der Waals surface area contributed by atoms with Crippen molar-refractivity contribution in [1.29, 1.82) is 0 Å². The lowest BCUT2D eigenvalue weighted by molar-refractivity contribution is 0.381. The lowest BCUT2D eigenvalue weighted by Gasteiger charge is -2.21. The number of nitrogens with two attached hydrogens (primary N) is 1. The number of hydrogen-bond acceptors (Lipinski definition) is 2. The first-order valence-corrected chi connectivity index (χ1v) is 6.28. The zero-order valence-corrected chi connectivity index (χ0v) is 11.1. The van der Waals surface area contributed by atoms with Gasteiger partial charge in [0.25, 0.3) is 0 Å². The van der Waals surface area contributed by atoms with Crippen LogP contribution in [0.5, 0.6) is 0 Å². The Balaban J connectivity index is 2.57.